The zero-order valence-corrected chi connectivity index (χ0v) is 15.6. The lowest BCUT2D eigenvalue weighted by atomic mass is 9.79. The van der Waals surface area contributed by atoms with Crippen LogP contribution in [0, 0.1) is 0 Å². The number of hydrogen-bond donors (Lipinski definition) is 0. The molecule has 0 N–H and O–H groups in total. The standard InChI is InChI=1S/C23H22O4/c1-15(2)21(24)26-13-23(14-27-22(25)16(3)4)19-11-7-5-9-17(19)18-10-6-8-12-20(18)23/h5-12H,1,3,13-14H2,2,4H3. The highest BCUT2D eigenvalue weighted by atomic mass is 16.5. The van der Waals surface area contributed by atoms with Crippen LogP contribution in [-0.2, 0) is 24.5 Å². The molecule has 0 radical (unpaired) electrons. The van der Waals surface area contributed by atoms with Crippen molar-refractivity contribution in [3.63, 3.8) is 0 Å². The Hall–Kier alpha value is -3.14. The van der Waals surface area contributed by atoms with Crippen molar-refractivity contribution in [3.05, 3.63) is 84.0 Å². The van der Waals surface area contributed by atoms with E-state index >= 15 is 0 Å². The van der Waals surface area contributed by atoms with Crippen LogP contribution in [0.3, 0.4) is 0 Å². The van der Waals surface area contributed by atoms with Crippen LogP contribution in [0.25, 0.3) is 11.1 Å². The van der Waals surface area contributed by atoms with Gasteiger partial charge in [0, 0.05) is 11.1 Å². The van der Waals surface area contributed by atoms with E-state index in [1.807, 2.05) is 48.5 Å². The highest BCUT2D eigenvalue weighted by molar-refractivity contribution is 5.88. The monoisotopic (exact) mass is 362 g/mol. The molecule has 1 aliphatic rings. The molecule has 0 bridgehead atoms. The van der Waals surface area contributed by atoms with Gasteiger partial charge >= 0.3 is 11.9 Å². The number of hydrogen-bond acceptors (Lipinski definition) is 4. The molecule has 0 amide bonds. The maximum absolute atomic E-state index is 12.1. The smallest absolute Gasteiger partial charge is 0.333 e. The maximum Gasteiger partial charge on any atom is 0.333 e. The second-order valence-electron chi connectivity index (χ2n) is 6.89. The predicted octanol–water partition coefficient (Wildman–Crippen LogP) is 4.19. The Balaban J connectivity index is 2.08. The van der Waals surface area contributed by atoms with Crippen LogP contribution in [0.4, 0.5) is 0 Å². The Morgan fingerprint density at radius 3 is 1.52 bits per heavy atom. The first kappa shape index (κ1) is 18.6. The summed E-state index contributed by atoms with van der Waals surface area (Å²) in [6, 6.07) is 15.8. The molecule has 0 unspecified atom stereocenters. The molecule has 3 rings (SSSR count). The highest BCUT2D eigenvalue weighted by Crippen LogP contribution is 2.49. The van der Waals surface area contributed by atoms with Crippen LogP contribution >= 0.6 is 0 Å². The molecule has 0 aliphatic heterocycles. The summed E-state index contributed by atoms with van der Waals surface area (Å²) in [5.74, 6) is -0.940. The quantitative estimate of drug-likeness (QED) is 0.571. The van der Waals surface area contributed by atoms with Crippen molar-refractivity contribution in [2.45, 2.75) is 19.3 Å². The maximum atomic E-state index is 12.1. The summed E-state index contributed by atoms with van der Waals surface area (Å²) < 4.78 is 11.1. The van der Waals surface area contributed by atoms with E-state index in [1.54, 1.807) is 13.8 Å². The van der Waals surface area contributed by atoms with E-state index < -0.39 is 17.4 Å². The summed E-state index contributed by atoms with van der Waals surface area (Å²) >= 11 is 0. The number of carbonyl (C=O) groups is 2. The van der Waals surface area contributed by atoms with Crippen LogP contribution in [-0.4, -0.2) is 25.2 Å². The first-order valence-corrected chi connectivity index (χ1v) is 8.71. The summed E-state index contributed by atoms with van der Waals surface area (Å²) in [6.07, 6.45) is 0. The van der Waals surface area contributed by atoms with Crippen molar-refractivity contribution in [1.82, 2.24) is 0 Å². The Bertz CT molecular complexity index is 861. The Labute approximate surface area is 159 Å². The summed E-state index contributed by atoms with van der Waals surface area (Å²) in [7, 11) is 0. The second kappa shape index (κ2) is 7.23. The van der Waals surface area contributed by atoms with Gasteiger partial charge in [-0.2, -0.15) is 0 Å². The first-order valence-electron chi connectivity index (χ1n) is 8.71. The molecular weight excluding hydrogens is 340 g/mol. The van der Waals surface area contributed by atoms with Crippen LogP contribution in [0.2, 0.25) is 0 Å². The Morgan fingerprint density at radius 2 is 1.15 bits per heavy atom. The lowest BCUT2D eigenvalue weighted by molar-refractivity contribution is -0.144. The molecule has 1 aliphatic carbocycles. The van der Waals surface area contributed by atoms with Gasteiger partial charge in [-0.1, -0.05) is 61.7 Å². The predicted molar refractivity (Wildman–Crippen MR) is 104 cm³/mol. The number of benzene rings is 2. The molecule has 0 fully saturated rings. The van der Waals surface area contributed by atoms with Gasteiger partial charge in [0.05, 0.1) is 5.41 Å². The van der Waals surface area contributed by atoms with E-state index in [4.69, 9.17) is 9.47 Å². The molecule has 0 heterocycles. The van der Waals surface area contributed by atoms with Crippen molar-refractivity contribution < 1.29 is 19.1 Å². The zero-order chi connectivity index (χ0) is 19.6. The van der Waals surface area contributed by atoms with Gasteiger partial charge in [-0.15, -0.1) is 0 Å². The number of ether oxygens (including phenoxy) is 2. The zero-order valence-electron chi connectivity index (χ0n) is 15.6. The third-order valence-electron chi connectivity index (χ3n) is 4.77. The average molecular weight is 362 g/mol. The van der Waals surface area contributed by atoms with Crippen molar-refractivity contribution >= 4 is 11.9 Å². The summed E-state index contributed by atoms with van der Waals surface area (Å²) in [4.78, 5) is 24.1. The van der Waals surface area contributed by atoms with E-state index in [0.29, 0.717) is 11.1 Å². The Kier molecular flexibility index (Phi) is 5.00. The van der Waals surface area contributed by atoms with Crippen LogP contribution < -0.4 is 0 Å². The minimum absolute atomic E-state index is 0.0518. The first-order chi connectivity index (χ1) is 12.9. The number of fused-ring (bicyclic) bond motifs is 3. The van der Waals surface area contributed by atoms with Gasteiger partial charge in [0.25, 0.3) is 0 Å². The molecule has 4 heteroatoms. The molecule has 0 aromatic heterocycles. The lowest BCUT2D eigenvalue weighted by Crippen LogP contribution is -2.38. The highest BCUT2D eigenvalue weighted by Gasteiger charge is 2.45. The van der Waals surface area contributed by atoms with E-state index in [2.05, 4.69) is 13.2 Å². The molecule has 0 saturated carbocycles. The molecule has 27 heavy (non-hydrogen) atoms. The van der Waals surface area contributed by atoms with E-state index in [9.17, 15) is 9.59 Å². The van der Waals surface area contributed by atoms with Crippen LogP contribution in [0.15, 0.2) is 72.8 Å². The van der Waals surface area contributed by atoms with Crippen LogP contribution in [0.5, 0.6) is 0 Å². The molecule has 0 spiro atoms. The van der Waals surface area contributed by atoms with Gasteiger partial charge in [0.1, 0.15) is 13.2 Å². The molecule has 0 saturated heterocycles. The second-order valence-corrected chi connectivity index (χ2v) is 6.89. The number of esters is 2. The Morgan fingerprint density at radius 1 is 0.778 bits per heavy atom. The summed E-state index contributed by atoms with van der Waals surface area (Å²) in [6.45, 7) is 10.6. The van der Waals surface area contributed by atoms with Gasteiger partial charge < -0.3 is 9.47 Å². The number of carbonyl (C=O) groups excluding carboxylic acids is 2. The van der Waals surface area contributed by atoms with E-state index in [1.165, 1.54) is 0 Å². The molecule has 2 aromatic rings. The molecular formula is C23H22O4. The van der Waals surface area contributed by atoms with Gasteiger partial charge in [-0.25, -0.2) is 9.59 Å². The minimum Gasteiger partial charge on any atom is -0.461 e. The summed E-state index contributed by atoms with van der Waals surface area (Å²) in [5, 5.41) is 0. The molecule has 0 atom stereocenters. The van der Waals surface area contributed by atoms with Crippen molar-refractivity contribution in [1.29, 1.82) is 0 Å². The fourth-order valence-corrected chi connectivity index (χ4v) is 3.39. The van der Waals surface area contributed by atoms with Crippen molar-refractivity contribution in [3.8, 4) is 11.1 Å². The van der Waals surface area contributed by atoms with E-state index in [-0.39, 0.29) is 13.2 Å². The van der Waals surface area contributed by atoms with Gasteiger partial charge in [-0.3, -0.25) is 0 Å². The average Bonchev–Trinajstić information content (AvgIpc) is 2.95. The molecule has 4 nitrogen and oxygen atoms in total. The SMILES string of the molecule is C=C(C)C(=O)OCC1(COC(=O)C(=C)C)c2ccccc2-c2ccccc21. The van der Waals surface area contributed by atoms with Crippen LogP contribution in [0.1, 0.15) is 25.0 Å². The fourth-order valence-electron chi connectivity index (χ4n) is 3.39. The lowest BCUT2D eigenvalue weighted by Gasteiger charge is -2.31. The van der Waals surface area contributed by atoms with Crippen molar-refractivity contribution in [2.24, 2.45) is 0 Å². The van der Waals surface area contributed by atoms with Crippen molar-refractivity contribution in [2.75, 3.05) is 13.2 Å². The topological polar surface area (TPSA) is 52.6 Å². The summed E-state index contributed by atoms with van der Waals surface area (Å²) in [5.41, 5.74) is 3.90. The van der Waals surface area contributed by atoms with Gasteiger partial charge in [0.2, 0.25) is 0 Å². The molecule has 138 valence electrons. The minimum atomic E-state index is -0.774. The van der Waals surface area contributed by atoms with Gasteiger partial charge in [-0.05, 0) is 36.1 Å². The van der Waals surface area contributed by atoms with Gasteiger partial charge in [0.15, 0.2) is 0 Å². The third kappa shape index (κ3) is 3.31. The third-order valence-corrected chi connectivity index (χ3v) is 4.77. The normalized spacial score (nSPS) is 13.3. The fraction of sp³-hybridized carbons (Fsp3) is 0.217. The number of rotatable bonds is 6. The molecule has 2 aromatic carbocycles. The largest absolute Gasteiger partial charge is 0.461 e. The van der Waals surface area contributed by atoms with E-state index in [0.717, 1.165) is 22.3 Å².